The maximum Gasteiger partial charge on any atom is 0.253 e. The maximum absolute atomic E-state index is 12.0. The van der Waals surface area contributed by atoms with Gasteiger partial charge in [-0.25, -0.2) is 4.98 Å². The predicted molar refractivity (Wildman–Crippen MR) is 82.2 cm³/mol. The Labute approximate surface area is 126 Å². The van der Waals surface area contributed by atoms with Gasteiger partial charge in [0.2, 0.25) is 0 Å². The Morgan fingerprint density at radius 1 is 1.35 bits per heavy atom. The molecule has 1 amide bonds. The lowest BCUT2D eigenvalue weighted by molar-refractivity contribution is 0.0827. The van der Waals surface area contributed by atoms with Crippen LogP contribution in [-0.2, 0) is 0 Å². The van der Waals surface area contributed by atoms with Crippen LogP contribution in [0.25, 0.3) is 0 Å². The van der Waals surface area contributed by atoms with Gasteiger partial charge in [0, 0.05) is 36.4 Å². The predicted octanol–water partition coefficient (Wildman–Crippen LogP) is 3.17. The lowest BCUT2D eigenvalue weighted by Gasteiger charge is -2.12. The van der Waals surface area contributed by atoms with Gasteiger partial charge in [-0.3, -0.25) is 4.79 Å². The molecular formula is C14H14ClN3OS. The Morgan fingerprint density at radius 2 is 2.10 bits per heavy atom. The van der Waals surface area contributed by atoms with Crippen molar-refractivity contribution in [3.8, 4) is 0 Å². The monoisotopic (exact) mass is 307 g/mol. The molecule has 1 aromatic carbocycles. The van der Waals surface area contributed by atoms with Crippen LogP contribution in [0.2, 0.25) is 5.02 Å². The third-order valence-electron chi connectivity index (χ3n) is 2.60. The Kier molecular flexibility index (Phi) is 4.52. The summed E-state index contributed by atoms with van der Waals surface area (Å²) < 4.78 is 0. The van der Waals surface area contributed by atoms with Gasteiger partial charge in [-0.15, -0.1) is 0 Å². The summed E-state index contributed by atoms with van der Waals surface area (Å²) in [6.07, 6.45) is 1.67. The SMILES string of the molecule is CN(C)C(=O)c1ccc(N)c(Sc2ncccc2Cl)c1. The second-order valence-electron chi connectivity index (χ2n) is 4.34. The van der Waals surface area contributed by atoms with Crippen molar-refractivity contribution < 1.29 is 4.79 Å². The Balaban J connectivity index is 2.35. The first kappa shape index (κ1) is 14.7. The number of aromatic nitrogens is 1. The average molecular weight is 308 g/mol. The fraction of sp³-hybridized carbons (Fsp3) is 0.143. The van der Waals surface area contributed by atoms with Crippen molar-refractivity contribution in [1.82, 2.24) is 9.88 Å². The number of benzene rings is 1. The number of halogens is 1. The van der Waals surface area contributed by atoms with Crippen LogP contribution in [0, 0.1) is 0 Å². The van der Waals surface area contributed by atoms with Crippen LogP contribution >= 0.6 is 23.4 Å². The van der Waals surface area contributed by atoms with Crippen molar-refractivity contribution in [3.05, 3.63) is 47.1 Å². The molecule has 0 saturated carbocycles. The summed E-state index contributed by atoms with van der Waals surface area (Å²) >= 11 is 7.43. The van der Waals surface area contributed by atoms with E-state index in [-0.39, 0.29) is 5.91 Å². The summed E-state index contributed by atoms with van der Waals surface area (Å²) in [4.78, 5) is 18.4. The van der Waals surface area contributed by atoms with Crippen molar-refractivity contribution in [1.29, 1.82) is 0 Å². The van der Waals surface area contributed by atoms with Gasteiger partial charge in [-0.1, -0.05) is 23.4 Å². The van der Waals surface area contributed by atoms with Gasteiger partial charge in [-0.2, -0.15) is 0 Å². The first-order valence-corrected chi connectivity index (χ1v) is 7.08. The largest absolute Gasteiger partial charge is 0.398 e. The van der Waals surface area contributed by atoms with Crippen LogP contribution in [-0.4, -0.2) is 29.9 Å². The zero-order valence-electron chi connectivity index (χ0n) is 11.1. The average Bonchev–Trinajstić information content (AvgIpc) is 2.42. The molecule has 2 rings (SSSR count). The summed E-state index contributed by atoms with van der Waals surface area (Å²) in [5.41, 5.74) is 7.12. The lowest BCUT2D eigenvalue weighted by Crippen LogP contribution is -2.21. The Morgan fingerprint density at radius 3 is 2.75 bits per heavy atom. The third-order valence-corrected chi connectivity index (χ3v) is 4.11. The Bertz CT molecular complexity index is 646. The van der Waals surface area contributed by atoms with Crippen molar-refractivity contribution in [2.45, 2.75) is 9.92 Å². The molecule has 6 heteroatoms. The van der Waals surface area contributed by atoms with E-state index in [9.17, 15) is 4.79 Å². The number of hydrogen-bond acceptors (Lipinski definition) is 4. The zero-order chi connectivity index (χ0) is 14.7. The standard InChI is InChI=1S/C14H14ClN3OS/c1-18(2)14(19)9-5-6-11(16)12(8-9)20-13-10(15)4-3-7-17-13/h3-8H,16H2,1-2H3. The number of anilines is 1. The molecule has 104 valence electrons. The number of rotatable bonds is 3. The molecule has 4 nitrogen and oxygen atoms in total. The smallest absolute Gasteiger partial charge is 0.253 e. The van der Waals surface area contributed by atoms with E-state index >= 15 is 0 Å². The van der Waals surface area contributed by atoms with Gasteiger partial charge >= 0.3 is 0 Å². The highest BCUT2D eigenvalue weighted by atomic mass is 35.5. The number of hydrogen-bond donors (Lipinski definition) is 1. The molecule has 0 radical (unpaired) electrons. The summed E-state index contributed by atoms with van der Waals surface area (Å²) in [6.45, 7) is 0. The first-order chi connectivity index (χ1) is 9.49. The highest BCUT2D eigenvalue weighted by molar-refractivity contribution is 7.99. The molecule has 0 fully saturated rings. The molecule has 1 aromatic heterocycles. The molecule has 1 heterocycles. The summed E-state index contributed by atoms with van der Waals surface area (Å²) in [7, 11) is 3.42. The van der Waals surface area contributed by atoms with Gasteiger partial charge in [-0.05, 0) is 30.3 Å². The number of nitrogens with zero attached hydrogens (tertiary/aromatic N) is 2. The highest BCUT2D eigenvalue weighted by Gasteiger charge is 2.12. The number of nitrogen functional groups attached to an aromatic ring is 1. The zero-order valence-corrected chi connectivity index (χ0v) is 12.7. The van der Waals surface area contributed by atoms with Crippen molar-refractivity contribution in [2.24, 2.45) is 0 Å². The van der Waals surface area contributed by atoms with Crippen molar-refractivity contribution in [2.75, 3.05) is 19.8 Å². The lowest BCUT2D eigenvalue weighted by atomic mass is 10.2. The van der Waals surface area contributed by atoms with Crippen LogP contribution in [0.15, 0.2) is 46.5 Å². The van der Waals surface area contributed by atoms with Crippen molar-refractivity contribution in [3.63, 3.8) is 0 Å². The van der Waals surface area contributed by atoms with Gasteiger partial charge in [0.15, 0.2) is 0 Å². The minimum atomic E-state index is -0.0704. The molecule has 0 saturated heterocycles. The number of carbonyl (C=O) groups excluding carboxylic acids is 1. The van der Waals surface area contributed by atoms with Gasteiger partial charge < -0.3 is 10.6 Å². The molecule has 0 unspecified atom stereocenters. The third kappa shape index (κ3) is 3.23. The molecule has 20 heavy (non-hydrogen) atoms. The molecule has 2 N–H and O–H groups in total. The maximum atomic E-state index is 12.0. The number of amides is 1. The summed E-state index contributed by atoms with van der Waals surface area (Å²) in [5.74, 6) is -0.0704. The first-order valence-electron chi connectivity index (χ1n) is 5.88. The minimum Gasteiger partial charge on any atom is -0.398 e. The van der Waals surface area contributed by atoms with E-state index in [1.807, 2.05) is 0 Å². The van der Waals surface area contributed by atoms with E-state index in [0.29, 0.717) is 21.3 Å². The van der Waals surface area contributed by atoms with Crippen molar-refractivity contribution >= 4 is 35.0 Å². The van der Waals surface area contributed by atoms with Gasteiger partial charge in [0.1, 0.15) is 5.03 Å². The van der Waals surface area contributed by atoms with Crippen LogP contribution in [0.4, 0.5) is 5.69 Å². The van der Waals surface area contributed by atoms with Crippen LogP contribution in [0.5, 0.6) is 0 Å². The molecule has 0 spiro atoms. The van der Waals surface area contributed by atoms with E-state index in [1.54, 1.807) is 50.6 Å². The molecule has 0 aliphatic rings. The topological polar surface area (TPSA) is 59.2 Å². The molecule has 0 aliphatic heterocycles. The highest BCUT2D eigenvalue weighted by Crippen LogP contribution is 2.35. The molecule has 0 atom stereocenters. The number of nitrogens with two attached hydrogens (primary N) is 1. The quantitative estimate of drug-likeness (QED) is 0.885. The van der Waals surface area contributed by atoms with Gasteiger partial charge in [0.05, 0.1) is 5.02 Å². The van der Waals surface area contributed by atoms with Crippen LogP contribution in [0.1, 0.15) is 10.4 Å². The van der Waals surface area contributed by atoms with Gasteiger partial charge in [0.25, 0.3) is 5.91 Å². The molecule has 0 aliphatic carbocycles. The second kappa shape index (κ2) is 6.15. The number of carbonyl (C=O) groups is 1. The second-order valence-corrected chi connectivity index (χ2v) is 5.78. The number of pyridine rings is 1. The van der Waals surface area contributed by atoms with E-state index in [4.69, 9.17) is 17.3 Å². The molecule has 2 aromatic rings. The normalized spacial score (nSPS) is 10.3. The van der Waals surface area contributed by atoms with E-state index in [1.165, 1.54) is 16.7 Å². The molecular weight excluding hydrogens is 294 g/mol. The fourth-order valence-electron chi connectivity index (χ4n) is 1.56. The minimum absolute atomic E-state index is 0.0704. The summed E-state index contributed by atoms with van der Waals surface area (Å²) in [6, 6.07) is 8.72. The molecule has 0 bridgehead atoms. The summed E-state index contributed by atoms with van der Waals surface area (Å²) in [5, 5.41) is 1.22. The van der Waals surface area contributed by atoms with Crippen LogP contribution in [0.3, 0.4) is 0 Å². The fourth-order valence-corrected chi connectivity index (χ4v) is 2.66. The van der Waals surface area contributed by atoms with Crippen LogP contribution < -0.4 is 5.73 Å². The Hall–Kier alpha value is -1.72. The van der Waals surface area contributed by atoms with E-state index in [0.717, 1.165) is 4.90 Å². The van der Waals surface area contributed by atoms with E-state index < -0.39 is 0 Å². The van der Waals surface area contributed by atoms with E-state index in [2.05, 4.69) is 4.98 Å².